The Morgan fingerprint density at radius 1 is 1.23 bits per heavy atom. The molecule has 1 aliphatic rings. The molecule has 7 nitrogen and oxygen atoms in total. The molecular weight excluding hydrogens is 472 g/mol. The van der Waals surface area contributed by atoms with Crippen molar-refractivity contribution >= 4 is 56.4 Å². The van der Waals surface area contributed by atoms with Crippen LogP contribution >= 0.6 is 27.5 Å². The Morgan fingerprint density at radius 3 is 2.77 bits per heavy atom. The van der Waals surface area contributed by atoms with Gasteiger partial charge in [-0.1, -0.05) is 45.7 Å². The summed E-state index contributed by atoms with van der Waals surface area (Å²) >= 11 is 9.94. The fraction of sp³-hybridized carbons (Fsp3) is 0.238. The van der Waals surface area contributed by atoms with Gasteiger partial charge in [-0.15, -0.1) is 0 Å². The predicted molar refractivity (Wildman–Crippen MR) is 122 cm³/mol. The molecule has 0 atom stereocenters. The number of rotatable bonds is 6. The lowest BCUT2D eigenvalue weighted by atomic mass is 10.0. The molecule has 0 saturated heterocycles. The highest BCUT2D eigenvalue weighted by Gasteiger charge is 2.19. The number of hydrogen-bond donors (Lipinski definition) is 1. The van der Waals surface area contributed by atoms with Gasteiger partial charge in [-0.2, -0.15) is 5.10 Å². The monoisotopic (exact) mass is 490 g/mol. The molecule has 0 spiro atoms. The van der Waals surface area contributed by atoms with E-state index in [1.165, 1.54) is 7.11 Å². The number of benzene rings is 2. The summed E-state index contributed by atoms with van der Waals surface area (Å²) in [6.45, 7) is 0.572. The molecule has 9 heteroatoms. The average molecular weight is 492 g/mol. The highest BCUT2D eigenvalue weighted by molar-refractivity contribution is 9.10. The summed E-state index contributed by atoms with van der Waals surface area (Å²) in [5.74, 6) is -0.0437. The van der Waals surface area contributed by atoms with Crippen LogP contribution in [0.25, 0.3) is 0 Å². The van der Waals surface area contributed by atoms with Crippen molar-refractivity contribution in [2.75, 3.05) is 27.4 Å². The summed E-state index contributed by atoms with van der Waals surface area (Å²) in [4.78, 5) is 21.3. The number of nitrogens with one attached hydrogen (secondary N) is 1. The van der Waals surface area contributed by atoms with Gasteiger partial charge in [-0.3, -0.25) is 10.4 Å². The second-order valence-electron chi connectivity index (χ2n) is 6.27. The Morgan fingerprint density at radius 2 is 2.03 bits per heavy atom. The molecule has 2 aromatic rings. The van der Waals surface area contributed by atoms with Gasteiger partial charge >= 0.3 is 5.97 Å². The smallest absolute Gasteiger partial charge is 0.354 e. The van der Waals surface area contributed by atoms with Gasteiger partial charge in [0, 0.05) is 34.2 Å². The number of carbonyl (C=O) groups excluding carboxylic acids is 1. The van der Waals surface area contributed by atoms with Gasteiger partial charge in [0.05, 0.1) is 31.7 Å². The molecular formula is C21H20BrClN4O3. The number of halogens is 2. The topological polar surface area (TPSA) is 84.6 Å². The van der Waals surface area contributed by atoms with Crippen molar-refractivity contribution < 1.29 is 14.3 Å². The average Bonchev–Trinajstić information content (AvgIpc) is 2.93. The van der Waals surface area contributed by atoms with Crippen molar-refractivity contribution in [1.29, 1.82) is 0 Å². The van der Waals surface area contributed by atoms with Gasteiger partial charge in [0.25, 0.3) is 0 Å². The predicted octanol–water partition coefficient (Wildman–Crippen LogP) is 4.14. The van der Waals surface area contributed by atoms with Crippen molar-refractivity contribution in [3.8, 4) is 0 Å². The number of hydrogen-bond acceptors (Lipinski definition) is 7. The summed E-state index contributed by atoms with van der Waals surface area (Å²) in [6, 6.07) is 13.3. The van der Waals surface area contributed by atoms with Crippen LogP contribution in [-0.2, 0) is 14.3 Å². The van der Waals surface area contributed by atoms with E-state index in [-0.39, 0.29) is 12.3 Å². The van der Waals surface area contributed by atoms with Crippen molar-refractivity contribution in [3.63, 3.8) is 0 Å². The van der Waals surface area contributed by atoms with E-state index in [1.54, 1.807) is 7.11 Å². The van der Waals surface area contributed by atoms with Crippen LogP contribution in [0.4, 0.5) is 5.69 Å². The molecule has 0 aromatic heterocycles. The van der Waals surface area contributed by atoms with Crippen LogP contribution in [0.15, 0.2) is 62.0 Å². The number of nitrogens with zero attached hydrogens (tertiary/aromatic N) is 3. The summed E-state index contributed by atoms with van der Waals surface area (Å²) in [5, 5.41) is 4.78. The third-order valence-electron chi connectivity index (χ3n) is 4.27. The normalized spacial score (nSPS) is 13.7. The minimum atomic E-state index is -0.529. The Labute approximate surface area is 188 Å². The van der Waals surface area contributed by atoms with Crippen molar-refractivity contribution in [3.05, 3.63) is 63.1 Å². The summed E-state index contributed by atoms with van der Waals surface area (Å²) in [7, 11) is 2.86. The van der Waals surface area contributed by atoms with Crippen LogP contribution in [0.5, 0.6) is 0 Å². The van der Waals surface area contributed by atoms with Crippen LogP contribution < -0.4 is 5.43 Å². The van der Waals surface area contributed by atoms with E-state index >= 15 is 0 Å². The van der Waals surface area contributed by atoms with Crippen molar-refractivity contribution in [2.24, 2.45) is 15.1 Å². The van der Waals surface area contributed by atoms with E-state index in [9.17, 15) is 4.79 Å². The maximum Gasteiger partial charge on any atom is 0.354 e. The van der Waals surface area contributed by atoms with Gasteiger partial charge in [-0.05, 0) is 24.3 Å². The SMILES string of the molecule is COCCC(=NNC1=Nc2ccc(Br)cc2C(c2ccccc2Cl)=NC1)C(=O)OC. The maximum atomic E-state index is 11.9. The molecule has 1 heterocycles. The second kappa shape index (κ2) is 10.5. The van der Waals surface area contributed by atoms with Gasteiger partial charge in [0.2, 0.25) is 0 Å². The van der Waals surface area contributed by atoms with Crippen LogP contribution in [-0.4, -0.2) is 50.6 Å². The fourth-order valence-electron chi connectivity index (χ4n) is 2.81. The first kappa shape index (κ1) is 22.1. The van der Waals surface area contributed by atoms with E-state index in [0.717, 1.165) is 21.3 Å². The van der Waals surface area contributed by atoms with Crippen LogP contribution in [0.2, 0.25) is 5.02 Å². The zero-order valence-electron chi connectivity index (χ0n) is 16.5. The number of amidine groups is 1. The lowest BCUT2D eigenvalue weighted by Crippen LogP contribution is -2.26. The molecule has 156 valence electrons. The van der Waals surface area contributed by atoms with E-state index in [2.05, 4.69) is 31.4 Å². The number of esters is 1. The molecule has 3 rings (SSSR count). The number of aliphatic imine (C=N–C) groups is 2. The molecule has 1 N–H and O–H groups in total. The number of fused-ring (bicyclic) bond motifs is 1. The largest absolute Gasteiger partial charge is 0.464 e. The van der Waals surface area contributed by atoms with Gasteiger partial charge in [-0.25, -0.2) is 9.79 Å². The Kier molecular flexibility index (Phi) is 7.73. The van der Waals surface area contributed by atoms with Crippen LogP contribution in [0.1, 0.15) is 17.5 Å². The molecule has 0 aliphatic carbocycles. The number of methoxy groups -OCH3 is 2. The Balaban J connectivity index is 1.97. The van der Waals surface area contributed by atoms with Crippen LogP contribution in [0, 0.1) is 0 Å². The minimum Gasteiger partial charge on any atom is -0.464 e. The first-order valence-corrected chi connectivity index (χ1v) is 10.3. The fourth-order valence-corrected chi connectivity index (χ4v) is 3.40. The summed E-state index contributed by atoms with van der Waals surface area (Å²) < 4.78 is 10.7. The van der Waals surface area contributed by atoms with Gasteiger partial charge in [0.1, 0.15) is 11.5 Å². The van der Waals surface area contributed by atoms with Gasteiger partial charge in [0.15, 0.2) is 0 Å². The zero-order valence-corrected chi connectivity index (χ0v) is 18.8. The highest BCUT2D eigenvalue weighted by atomic mass is 79.9. The maximum absolute atomic E-state index is 11.9. The number of carbonyl (C=O) groups is 1. The molecule has 0 bridgehead atoms. The van der Waals surface area contributed by atoms with Crippen molar-refractivity contribution in [2.45, 2.75) is 6.42 Å². The van der Waals surface area contributed by atoms with Crippen LogP contribution in [0.3, 0.4) is 0 Å². The molecule has 1 aliphatic heterocycles. The van der Waals surface area contributed by atoms with E-state index in [1.807, 2.05) is 42.5 Å². The summed E-state index contributed by atoms with van der Waals surface area (Å²) in [6.07, 6.45) is 0.307. The van der Waals surface area contributed by atoms with E-state index in [0.29, 0.717) is 29.6 Å². The first-order valence-electron chi connectivity index (χ1n) is 9.10. The first-order chi connectivity index (χ1) is 14.5. The van der Waals surface area contributed by atoms with Gasteiger partial charge < -0.3 is 9.47 Å². The standard InChI is InChI=1S/C21H20BrClN4O3/c1-29-10-9-18(21(28)30-2)26-27-19-12-24-20(14-5-3-4-6-16(14)23)15-11-13(22)7-8-17(15)25-19/h3-8,11H,9-10,12H2,1-2H3,(H,25,27). The third-order valence-corrected chi connectivity index (χ3v) is 5.09. The molecule has 0 unspecified atom stereocenters. The molecule has 2 aromatic carbocycles. The summed E-state index contributed by atoms with van der Waals surface area (Å²) in [5.41, 5.74) is 6.16. The minimum absolute atomic E-state index is 0.206. The lowest BCUT2D eigenvalue weighted by Gasteiger charge is -2.10. The zero-order chi connectivity index (χ0) is 21.5. The molecule has 30 heavy (non-hydrogen) atoms. The number of hydrazone groups is 1. The third kappa shape index (κ3) is 5.33. The van der Waals surface area contributed by atoms with Crippen molar-refractivity contribution in [1.82, 2.24) is 5.43 Å². The molecule has 0 saturated carbocycles. The van der Waals surface area contributed by atoms with E-state index in [4.69, 9.17) is 26.1 Å². The highest BCUT2D eigenvalue weighted by Crippen LogP contribution is 2.30. The van der Waals surface area contributed by atoms with E-state index < -0.39 is 5.97 Å². The molecule has 0 amide bonds. The quantitative estimate of drug-likeness (QED) is 0.374. The lowest BCUT2D eigenvalue weighted by molar-refractivity contribution is -0.132. The Bertz CT molecular complexity index is 1040. The Hall–Kier alpha value is -2.55. The molecule has 0 fully saturated rings. The number of ether oxygens (including phenoxy) is 2. The second-order valence-corrected chi connectivity index (χ2v) is 7.59. The molecule has 0 radical (unpaired) electrons.